The molecule has 1 aromatic rings. The van der Waals surface area contributed by atoms with Crippen LogP contribution in [-0.2, 0) is 4.79 Å². The first-order valence-electron chi connectivity index (χ1n) is 7.40. The summed E-state index contributed by atoms with van der Waals surface area (Å²) < 4.78 is 5.37. The number of hydrogen-bond acceptors (Lipinski definition) is 4. The molecule has 2 atom stereocenters. The molecule has 0 radical (unpaired) electrons. The number of anilines is 1. The third kappa shape index (κ3) is 3.29. The third-order valence-corrected chi connectivity index (χ3v) is 4.06. The van der Waals surface area contributed by atoms with Crippen LogP contribution in [-0.4, -0.2) is 38.3 Å². The Labute approximate surface area is 125 Å². The van der Waals surface area contributed by atoms with Gasteiger partial charge in [-0.1, -0.05) is 6.07 Å². The normalized spacial score (nSPS) is 20.0. The van der Waals surface area contributed by atoms with Gasteiger partial charge in [-0.05, 0) is 31.9 Å². The van der Waals surface area contributed by atoms with Crippen LogP contribution < -0.4 is 15.0 Å². The predicted molar refractivity (Wildman–Crippen MR) is 82.6 cm³/mol. The molecule has 21 heavy (non-hydrogen) atoms. The van der Waals surface area contributed by atoms with Crippen LogP contribution in [0.4, 0.5) is 5.69 Å². The summed E-state index contributed by atoms with van der Waals surface area (Å²) in [5, 5.41) is 12.8. The number of rotatable bonds is 4. The summed E-state index contributed by atoms with van der Waals surface area (Å²) in [4.78, 5) is 14.0. The molecule has 0 spiro atoms. The van der Waals surface area contributed by atoms with E-state index >= 15 is 0 Å². The zero-order chi connectivity index (χ0) is 15.4. The van der Waals surface area contributed by atoms with Gasteiger partial charge in [0.15, 0.2) is 0 Å². The fraction of sp³-hybridized carbons (Fsp3) is 0.562. The number of carbonyl (C=O) groups excluding carboxylic acids is 1. The molecular weight excluding hydrogens is 268 g/mol. The average molecular weight is 292 g/mol. The molecule has 1 aliphatic heterocycles. The van der Waals surface area contributed by atoms with Crippen molar-refractivity contribution in [1.82, 2.24) is 5.32 Å². The Morgan fingerprint density at radius 1 is 1.52 bits per heavy atom. The Morgan fingerprint density at radius 3 is 2.90 bits per heavy atom. The van der Waals surface area contributed by atoms with E-state index in [0.717, 1.165) is 30.6 Å². The molecule has 1 aliphatic rings. The molecule has 1 unspecified atom stereocenters. The van der Waals surface area contributed by atoms with E-state index in [1.807, 2.05) is 18.2 Å². The van der Waals surface area contributed by atoms with Gasteiger partial charge in [0.05, 0.1) is 19.1 Å². The zero-order valence-electron chi connectivity index (χ0n) is 12.9. The first-order chi connectivity index (χ1) is 10.1. The van der Waals surface area contributed by atoms with Gasteiger partial charge in [0.1, 0.15) is 5.75 Å². The van der Waals surface area contributed by atoms with E-state index in [1.54, 1.807) is 21.1 Å². The van der Waals surface area contributed by atoms with Crippen molar-refractivity contribution in [2.24, 2.45) is 5.92 Å². The van der Waals surface area contributed by atoms with Gasteiger partial charge in [0, 0.05) is 31.4 Å². The average Bonchev–Trinajstić information content (AvgIpc) is 2.53. The van der Waals surface area contributed by atoms with Crippen molar-refractivity contribution in [3.8, 4) is 5.75 Å². The highest BCUT2D eigenvalue weighted by Crippen LogP contribution is 2.36. The van der Waals surface area contributed by atoms with Crippen molar-refractivity contribution >= 4 is 11.6 Å². The number of methoxy groups -OCH3 is 1. The van der Waals surface area contributed by atoms with Crippen LogP contribution >= 0.6 is 0 Å². The van der Waals surface area contributed by atoms with Crippen molar-refractivity contribution in [3.05, 3.63) is 23.8 Å². The summed E-state index contributed by atoms with van der Waals surface area (Å²) in [6.07, 6.45) is 1.26. The number of aliphatic hydroxyl groups is 1. The lowest BCUT2D eigenvalue weighted by molar-refractivity contribution is -0.124. The summed E-state index contributed by atoms with van der Waals surface area (Å²) in [5.74, 6) is 0.766. The number of amides is 1. The van der Waals surface area contributed by atoms with E-state index < -0.39 is 6.10 Å². The van der Waals surface area contributed by atoms with E-state index in [1.165, 1.54) is 0 Å². The molecule has 0 aromatic heterocycles. The van der Waals surface area contributed by atoms with Crippen LogP contribution in [0, 0.1) is 5.92 Å². The summed E-state index contributed by atoms with van der Waals surface area (Å²) in [6.45, 7) is 3.30. The lowest BCUT2D eigenvalue weighted by Crippen LogP contribution is -2.42. The van der Waals surface area contributed by atoms with Gasteiger partial charge in [-0.2, -0.15) is 0 Å². The molecule has 0 saturated carbocycles. The highest BCUT2D eigenvalue weighted by Gasteiger charge is 2.27. The van der Waals surface area contributed by atoms with Crippen molar-refractivity contribution in [2.75, 3.05) is 32.1 Å². The lowest BCUT2D eigenvalue weighted by Gasteiger charge is -2.35. The molecule has 0 aliphatic carbocycles. The van der Waals surface area contributed by atoms with Gasteiger partial charge in [0.2, 0.25) is 5.91 Å². The number of nitrogens with one attached hydrogen (secondary N) is 1. The van der Waals surface area contributed by atoms with Gasteiger partial charge in [0.25, 0.3) is 0 Å². The number of benzene rings is 1. The quantitative estimate of drug-likeness (QED) is 0.887. The summed E-state index contributed by atoms with van der Waals surface area (Å²) in [6, 6.07) is 5.76. The number of piperidine rings is 1. The van der Waals surface area contributed by atoms with Gasteiger partial charge in [-0.3, -0.25) is 4.79 Å². The fourth-order valence-corrected chi connectivity index (χ4v) is 3.02. The van der Waals surface area contributed by atoms with Crippen LogP contribution in [0.1, 0.15) is 31.4 Å². The molecule has 5 nitrogen and oxygen atoms in total. The smallest absolute Gasteiger partial charge is 0.224 e. The fourth-order valence-electron chi connectivity index (χ4n) is 3.02. The van der Waals surface area contributed by atoms with Crippen molar-refractivity contribution in [1.29, 1.82) is 0 Å². The van der Waals surface area contributed by atoms with Gasteiger partial charge >= 0.3 is 0 Å². The molecule has 1 amide bonds. The Balaban J connectivity index is 2.30. The second-order valence-corrected chi connectivity index (χ2v) is 5.47. The van der Waals surface area contributed by atoms with Crippen LogP contribution in [0.25, 0.3) is 0 Å². The SMILES string of the molecule is CNC(=O)C1CCCN(c2cccc(OC)c2[C@@H](C)O)C1. The lowest BCUT2D eigenvalue weighted by atomic mass is 9.95. The van der Waals surface area contributed by atoms with Crippen molar-refractivity contribution in [3.63, 3.8) is 0 Å². The second kappa shape index (κ2) is 6.80. The Bertz CT molecular complexity index is 502. The van der Waals surface area contributed by atoms with Crippen LogP contribution in [0.5, 0.6) is 5.75 Å². The molecular formula is C16H24N2O3. The third-order valence-electron chi connectivity index (χ3n) is 4.06. The second-order valence-electron chi connectivity index (χ2n) is 5.47. The topological polar surface area (TPSA) is 61.8 Å². The van der Waals surface area contributed by atoms with Crippen LogP contribution in [0.15, 0.2) is 18.2 Å². The number of nitrogens with zero attached hydrogens (tertiary/aromatic N) is 1. The minimum Gasteiger partial charge on any atom is -0.496 e. The van der Waals surface area contributed by atoms with Crippen LogP contribution in [0.2, 0.25) is 0 Å². The molecule has 1 fully saturated rings. The Hall–Kier alpha value is -1.75. The number of aliphatic hydroxyl groups excluding tert-OH is 1. The Kier molecular flexibility index (Phi) is 5.07. The molecule has 2 N–H and O–H groups in total. The summed E-state index contributed by atoms with van der Waals surface area (Å²) in [5.41, 5.74) is 1.75. The van der Waals surface area contributed by atoms with Gasteiger partial charge < -0.3 is 20.1 Å². The van der Waals surface area contributed by atoms with Crippen molar-refractivity contribution in [2.45, 2.75) is 25.9 Å². The molecule has 1 heterocycles. The molecule has 1 aromatic carbocycles. The number of hydrogen-bond donors (Lipinski definition) is 2. The standard InChI is InChI=1S/C16H24N2O3/c1-11(19)15-13(7-4-8-14(15)21-3)18-9-5-6-12(10-18)16(20)17-2/h4,7-8,11-12,19H,5-6,9-10H2,1-3H3,(H,17,20)/t11-,12?/m1/s1. The molecule has 1 saturated heterocycles. The summed E-state index contributed by atoms with van der Waals surface area (Å²) >= 11 is 0. The van der Waals surface area contributed by atoms with E-state index in [2.05, 4.69) is 10.2 Å². The minimum atomic E-state index is -0.614. The molecule has 116 valence electrons. The Morgan fingerprint density at radius 2 is 2.29 bits per heavy atom. The van der Waals surface area contributed by atoms with Gasteiger partial charge in [-0.15, -0.1) is 0 Å². The highest BCUT2D eigenvalue weighted by molar-refractivity contribution is 5.79. The largest absolute Gasteiger partial charge is 0.496 e. The maximum atomic E-state index is 11.9. The first kappa shape index (κ1) is 15.6. The number of ether oxygens (including phenoxy) is 1. The molecule has 0 bridgehead atoms. The number of carbonyl (C=O) groups is 1. The first-order valence-corrected chi connectivity index (χ1v) is 7.40. The van der Waals surface area contributed by atoms with Gasteiger partial charge in [-0.25, -0.2) is 0 Å². The van der Waals surface area contributed by atoms with E-state index in [0.29, 0.717) is 12.3 Å². The zero-order valence-corrected chi connectivity index (χ0v) is 12.9. The summed E-state index contributed by atoms with van der Waals surface area (Å²) in [7, 11) is 3.28. The minimum absolute atomic E-state index is 0.00296. The highest BCUT2D eigenvalue weighted by atomic mass is 16.5. The van der Waals surface area contributed by atoms with E-state index in [-0.39, 0.29) is 11.8 Å². The van der Waals surface area contributed by atoms with E-state index in [4.69, 9.17) is 4.74 Å². The van der Waals surface area contributed by atoms with Crippen molar-refractivity contribution < 1.29 is 14.6 Å². The predicted octanol–water partition coefficient (Wildman–Crippen LogP) is 1.71. The molecule has 5 heteroatoms. The maximum absolute atomic E-state index is 11.9. The molecule has 2 rings (SSSR count). The van der Waals surface area contributed by atoms with E-state index in [9.17, 15) is 9.90 Å². The van der Waals surface area contributed by atoms with Crippen LogP contribution in [0.3, 0.4) is 0 Å². The monoisotopic (exact) mass is 292 g/mol. The maximum Gasteiger partial charge on any atom is 0.224 e.